The molecular formula is C23H22N2O4. The Balaban J connectivity index is 1.48. The van der Waals surface area contributed by atoms with Crippen LogP contribution in [0, 0.1) is 0 Å². The number of rotatable bonds is 5. The average molecular weight is 390 g/mol. The topological polar surface area (TPSA) is 64.3 Å². The molecule has 0 radical (unpaired) electrons. The number of furan rings is 1. The van der Waals surface area contributed by atoms with E-state index < -0.39 is 5.97 Å². The van der Waals surface area contributed by atoms with Gasteiger partial charge in [-0.25, -0.2) is 4.79 Å². The first-order valence-corrected chi connectivity index (χ1v) is 9.49. The Morgan fingerprint density at radius 3 is 2.55 bits per heavy atom. The number of carbonyl (C=O) groups excluding carboxylic acids is 1. The van der Waals surface area contributed by atoms with E-state index in [-0.39, 0.29) is 0 Å². The van der Waals surface area contributed by atoms with Gasteiger partial charge in [-0.3, -0.25) is 4.99 Å². The zero-order valence-corrected chi connectivity index (χ0v) is 16.2. The fourth-order valence-electron chi connectivity index (χ4n) is 3.26. The van der Waals surface area contributed by atoms with Crippen LogP contribution in [0.1, 0.15) is 16.1 Å². The molecule has 6 nitrogen and oxygen atoms in total. The van der Waals surface area contributed by atoms with Gasteiger partial charge in [-0.2, -0.15) is 0 Å². The predicted octanol–water partition coefficient (Wildman–Crippen LogP) is 4.32. The molecule has 0 bridgehead atoms. The lowest BCUT2D eigenvalue weighted by Crippen LogP contribution is -2.36. The van der Waals surface area contributed by atoms with Gasteiger partial charge in [0, 0.05) is 24.3 Å². The third kappa shape index (κ3) is 4.38. The Bertz CT molecular complexity index is 1000. The molecule has 0 aliphatic carbocycles. The lowest BCUT2D eigenvalue weighted by Gasteiger charge is -2.28. The van der Waals surface area contributed by atoms with Crippen molar-refractivity contribution in [3.8, 4) is 11.3 Å². The van der Waals surface area contributed by atoms with Crippen molar-refractivity contribution in [3.05, 3.63) is 72.0 Å². The van der Waals surface area contributed by atoms with Crippen molar-refractivity contribution in [2.45, 2.75) is 0 Å². The Kier molecular flexibility index (Phi) is 5.72. The molecule has 4 rings (SSSR count). The maximum atomic E-state index is 12.0. The smallest absolute Gasteiger partial charge is 0.338 e. The molecule has 3 aromatic rings. The van der Waals surface area contributed by atoms with E-state index in [1.165, 1.54) is 12.8 Å². The largest absolute Gasteiger partial charge is 0.465 e. The minimum absolute atomic E-state index is 0.396. The summed E-state index contributed by atoms with van der Waals surface area (Å²) in [5.74, 6) is 0.805. The SMILES string of the molecule is COC(=O)c1ccccc1-c1ccc(C=Nc2ccc(N3CCOCC3)cc2)o1. The molecule has 0 N–H and O–H groups in total. The lowest BCUT2D eigenvalue weighted by atomic mass is 10.1. The minimum Gasteiger partial charge on any atom is -0.465 e. The summed E-state index contributed by atoms with van der Waals surface area (Å²) < 4.78 is 16.1. The van der Waals surface area contributed by atoms with Gasteiger partial charge in [0.2, 0.25) is 0 Å². The Morgan fingerprint density at radius 1 is 1.03 bits per heavy atom. The number of carbonyl (C=O) groups is 1. The van der Waals surface area contributed by atoms with Crippen molar-refractivity contribution in [2.75, 3.05) is 38.3 Å². The highest BCUT2D eigenvalue weighted by atomic mass is 16.5. The fraction of sp³-hybridized carbons (Fsp3) is 0.217. The van der Waals surface area contributed by atoms with E-state index in [1.54, 1.807) is 18.3 Å². The second kappa shape index (κ2) is 8.75. The van der Waals surface area contributed by atoms with Crippen molar-refractivity contribution < 1.29 is 18.7 Å². The van der Waals surface area contributed by atoms with Gasteiger partial charge >= 0.3 is 5.97 Å². The first-order valence-electron chi connectivity index (χ1n) is 9.49. The van der Waals surface area contributed by atoms with E-state index in [1.807, 2.05) is 36.4 Å². The van der Waals surface area contributed by atoms with Crippen LogP contribution < -0.4 is 4.90 Å². The van der Waals surface area contributed by atoms with Crippen LogP contribution in [0.3, 0.4) is 0 Å². The summed E-state index contributed by atoms with van der Waals surface area (Å²) in [7, 11) is 1.36. The molecule has 6 heteroatoms. The Morgan fingerprint density at radius 2 is 1.79 bits per heavy atom. The van der Waals surface area contributed by atoms with Crippen LogP contribution in [0.25, 0.3) is 11.3 Å². The summed E-state index contributed by atoms with van der Waals surface area (Å²) in [5, 5.41) is 0. The zero-order valence-electron chi connectivity index (χ0n) is 16.2. The third-order valence-corrected chi connectivity index (χ3v) is 4.79. The maximum absolute atomic E-state index is 12.0. The van der Waals surface area contributed by atoms with Crippen LogP contribution in [-0.4, -0.2) is 45.6 Å². The quantitative estimate of drug-likeness (QED) is 0.480. The van der Waals surface area contributed by atoms with Crippen LogP contribution in [0.15, 0.2) is 70.1 Å². The predicted molar refractivity (Wildman–Crippen MR) is 112 cm³/mol. The molecule has 1 aliphatic heterocycles. The second-order valence-corrected chi connectivity index (χ2v) is 6.61. The van der Waals surface area contributed by atoms with Crippen molar-refractivity contribution in [2.24, 2.45) is 4.99 Å². The summed E-state index contributed by atoms with van der Waals surface area (Å²) in [6, 6.07) is 18.9. The van der Waals surface area contributed by atoms with E-state index in [9.17, 15) is 4.79 Å². The van der Waals surface area contributed by atoms with Crippen molar-refractivity contribution in [1.82, 2.24) is 0 Å². The van der Waals surface area contributed by atoms with Crippen LogP contribution >= 0.6 is 0 Å². The molecule has 0 saturated carbocycles. The molecule has 1 aliphatic rings. The number of esters is 1. The summed E-state index contributed by atoms with van der Waals surface area (Å²) in [6.07, 6.45) is 1.67. The first-order chi connectivity index (χ1) is 14.2. The third-order valence-electron chi connectivity index (χ3n) is 4.79. The summed E-state index contributed by atoms with van der Waals surface area (Å²) in [6.45, 7) is 3.34. The molecule has 0 spiro atoms. The van der Waals surface area contributed by atoms with Gasteiger partial charge in [0.25, 0.3) is 0 Å². The van der Waals surface area contributed by atoms with Gasteiger partial charge in [0.1, 0.15) is 11.5 Å². The number of morpholine rings is 1. The van der Waals surface area contributed by atoms with Crippen LogP contribution in [0.4, 0.5) is 11.4 Å². The molecule has 148 valence electrons. The summed E-state index contributed by atoms with van der Waals surface area (Å²) in [4.78, 5) is 18.8. The normalized spacial score (nSPS) is 14.3. The average Bonchev–Trinajstić information content (AvgIpc) is 3.27. The number of hydrogen-bond acceptors (Lipinski definition) is 6. The number of benzene rings is 2. The molecule has 0 unspecified atom stereocenters. The molecule has 1 saturated heterocycles. The van der Waals surface area contributed by atoms with Gasteiger partial charge in [0.05, 0.1) is 37.8 Å². The van der Waals surface area contributed by atoms with Gasteiger partial charge in [-0.1, -0.05) is 18.2 Å². The molecule has 2 heterocycles. The monoisotopic (exact) mass is 390 g/mol. The van der Waals surface area contributed by atoms with Crippen molar-refractivity contribution in [3.63, 3.8) is 0 Å². The number of hydrogen-bond donors (Lipinski definition) is 0. The van der Waals surface area contributed by atoms with Crippen LogP contribution in [-0.2, 0) is 9.47 Å². The second-order valence-electron chi connectivity index (χ2n) is 6.61. The molecule has 0 amide bonds. The lowest BCUT2D eigenvalue weighted by molar-refractivity contribution is 0.0601. The molecule has 0 atom stereocenters. The zero-order chi connectivity index (χ0) is 20.1. The number of ether oxygens (including phenoxy) is 2. The van der Waals surface area contributed by atoms with Gasteiger partial charge in [-0.05, 0) is 42.5 Å². The number of aliphatic imine (C=N–C) groups is 1. The van der Waals surface area contributed by atoms with E-state index in [0.717, 1.165) is 32.0 Å². The van der Waals surface area contributed by atoms with E-state index in [2.05, 4.69) is 22.0 Å². The van der Waals surface area contributed by atoms with Gasteiger partial charge < -0.3 is 18.8 Å². The van der Waals surface area contributed by atoms with E-state index >= 15 is 0 Å². The first kappa shape index (κ1) is 19.0. The van der Waals surface area contributed by atoms with Crippen molar-refractivity contribution in [1.29, 1.82) is 0 Å². The molecule has 1 fully saturated rings. The Hall–Kier alpha value is -3.38. The van der Waals surface area contributed by atoms with Crippen LogP contribution in [0.2, 0.25) is 0 Å². The highest BCUT2D eigenvalue weighted by Crippen LogP contribution is 2.26. The van der Waals surface area contributed by atoms with Gasteiger partial charge in [-0.15, -0.1) is 0 Å². The summed E-state index contributed by atoms with van der Waals surface area (Å²) >= 11 is 0. The highest BCUT2D eigenvalue weighted by molar-refractivity contribution is 5.96. The molecule has 1 aromatic heterocycles. The standard InChI is InChI=1S/C23H22N2O4/c1-27-23(26)21-5-3-2-4-20(21)22-11-10-19(29-22)16-24-17-6-8-18(9-7-17)25-12-14-28-15-13-25/h2-11,16H,12-15H2,1H3. The number of methoxy groups -OCH3 is 1. The minimum atomic E-state index is -0.396. The summed E-state index contributed by atoms with van der Waals surface area (Å²) in [5.41, 5.74) is 3.17. The molecule has 2 aromatic carbocycles. The number of anilines is 1. The Labute approximate surface area is 169 Å². The number of nitrogens with zero attached hydrogens (tertiary/aromatic N) is 2. The van der Waals surface area contributed by atoms with Crippen molar-refractivity contribution >= 4 is 23.6 Å². The molecular weight excluding hydrogens is 368 g/mol. The van der Waals surface area contributed by atoms with E-state index in [0.29, 0.717) is 22.6 Å². The van der Waals surface area contributed by atoms with Gasteiger partial charge in [0.15, 0.2) is 0 Å². The van der Waals surface area contributed by atoms with E-state index in [4.69, 9.17) is 13.9 Å². The molecule has 29 heavy (non-hydrogen) atoms. The maximum Gasteiger partial charge on any atom is 0.338 e. The fourth-order valence-corrected chi connectivity index (χ4v) is 3.26. The van der Waals surface area contributed by atoms with Crippen LogP contribution in [0.5, 0.6) is 0 Å². The highest BCUT2D eigenvalue weighted by Gasteiger charge is 2.15.